The van der Waals surface area contributed by atoms with Crippen LogP contribution in [0.5, 0.6) is 0 Å². The van der Waals surface area contributed by atoms with Crippen molar-refractivity contribution in [1.82, 2.24) is 9.88 Å². The molecule has 2 aliphatic rings. The number of aromatic amines is 1. The van der Waals surface area contributed by atoms with Crippen LogP contribution in [0.1, 0.15) is 51.9 Å². The number of aromatic nitrogens is 1. The van der Waals surface area contributed by atoms with Gasteiger partial charge in [0.05, 0.1) is 30.2 Å². The average molecular weight is 416 g/mol. The number of hydrogen-bond donors (Lipinski definition) is 1. The molecule has 0 radical (unpaired) electrons. The van der Waals surface area contributed by atoms with Gasteiger partial charge >= 0.3 is 11.9 Å². The molecular formula is C21H24N2O7. The molecule has 9 heteroatoms. The minimum atomic E-state index is -1.17. The number of allylic oxidation sites excluding steroid dienone is 2. The molecule has 1 aliphatic carbocycles. The second kappa shape index (κ2) is 8.25. The summed E-state index contributed by atoms with van der Waals surface area (Å²) in [4.78, 5) is 65.6. The quantitative estimate of drug-likeness (QED) is 0.322. The van der Waals surface area contributed by atoms with E-state index < -0.39 is 42.2 Å². The van der Waals surface area contributed by atoms with Crippen LogP contribution < -0.4 is 0 Å². The van der Waals surface area contributed by atoms with Crippen LogP contribution >= 0.6 is 0 Å². The summed E-state index contributed by atoms with van der Waals surface area (Å²) < 4.78 is 9.90. The van der Waals surface area contributed by atoms with Crippen LogP contribution in [0.15, 0.2) is 12.2 Å². The zero-order valence-corrected chi connectivity index (χ0v) is 17.3. The number of ketones is 1. The van der Waals surface area contributed by atoms with Crippen molar-refractivity contribution in [3.8, 4) is 0 Å². The van der Waals surface area contributed by atoms with Gasteiger partial charge in [-0.3, -0.25) is 24.1 Å². The molecule has 0 saturated carbocycles. The molecule has 1 aromatic rings. The molecule has 2 amide bonds. The number of aryl methyl sites for hydroxylation is 1. The highest BCUT2D eigenvalue weighted by molar-refractivity contribution is 6.08. The molecule has 1 fully saturated rings. The number of amides is 2. The zero-order chi connectivity index (χ0) is 22.2. The summed E-state index contributed by atoms with van der Waals surface area (Å²) >= 11 is 0. The largest absolute Gasteiger partial charge is 0.465 e. The number of carbonyl (C=O) groups is 5. The molecule has 1 N–H and O–H groups in total. The fourth-order valence-electron chi connectivity index (χ4n) is 4.05. The third-order valence-electron chi connectivity index (χ3n) is 5.64. The molecule has 1 saturated heterocycles. The maximum atomic E-state index is 12.7. The minimum absolute atomic E-state index is 0.138. The molecule has 1 aromatic heterocycles. The summed E-state index contributed by atoms with van der Waals surface area (Å²) in [7, 11) is 1.24. The Kier molecular flexibility index (Phi) is 5.91. The second-order valence-electron chi connectivity index (χ2n) is 7.53. The Labute approximate surface area is 173 Å². The van der Waals surface area contributed by atoms with Gasteiger partial charge in [0.25, 0.3) is 0 Å². The van der Waals surface area contributed by atoms with Crippen molar-refractivity contribution in [1.29, 1.82) is 0 Å². The van der Waals surface area contributed by atoms with E-state index in [2.05, 4.69) is 4.98 Å². The second-order valence-corrected chi connectivity index (χ2v) is 7.53. The fourth-order valence-corrected chi connectivity index (χ4v) is 4.05. The number of fused-ring (bicyclic) bond motifs is 1. The van der Waals surface area contributed by atoms with Crippen molar-refractivity contribution in [2.75, 3.05) is 13.7 Å². The molecule has 3 atom stereocenters. The highest BCUT2D eigenvalue weighted by Gasteiger charge is 2.48. The molecular weight excluding hydrogens is 392 g/mol. The summed E-state index contributed by atoms with van der Waals surface area (Å²) in [5.74, 6) is -3.60. The third-order valence-corrected chi connectivity index (χ3v) is 5.64. The number of imide groups is 1. The number of ether oxygens (including phenoxy) is 2. The van der Waals surface area contributed by atoms with Crippen LogP contribution in [0.2, 0.25) is 0 Å². The van der Waals surface area contributed by atoms with E-state index in [-0.39, 0.29) is 23.1 Å². The number of Topliss-reactive ketones (excluding diaryl/α,β-unsaturated/α-hetero) is 1. The normalized spacial score (nSPS) is 21.4. The topological polar surface area (TPSA) is 123 Å². The number of nitrogens with zero attached hydrogens (tertiary/aromatic N) is 1. The average Bonchev–Trinajstić information content (AvgIpc) is 3.15. The minimum Gasteiger partial charge on any atom is -0.465 e. The molecule has 30 heavy (non-hydrogen) atoms. The Morgan fingerprint density at radius 1 is 1.13 bits per heavy atom. The number of H-pyrrole nitrogens is 1. The van der Waals surface area contributed by atoms with Gasteiger partial charge in [0.15, 0.2) is 6.10 Å². The monoisotopic (exact) mass is 416 g/mol. The number of rotatable bonds is 6. The summed E-state index contributed by atoms with van der Waals surface area (Å²) in [5, 5.41) is 0. The number of hydrogen-bond acceptors (Lipinski definition) is 7. The highest BCUT2D eigenvalue weighted by Crippen LogP contribution is 2.34. The van der Waals surface area contributed by atoms with Crippen molar-refractivity contribution >= 4 is 29.5 Å². The van der Waals surface area contributed by atoms with Crippen LogP contribution in [-0.4, -0.2) is 59.2 Å². The van der Waals surface area contributed by atoms with Gasteiger partial charge in [0, 0.05) is 5.69 Å². The maximum Gasteiger partial charge on any atom is 0.339 e. The Morgan fingerprint density at radius 2 is 1.70 bits per heavy atom. The summed E-state index contributed by atoms with van der Waals surface area (Å²) in [5.41, 5.74) is 1.25. The first kappa shape index (κ1) is 21.5. The predicted octanol–water partition coefficient (Wildman–Crippen LogP) is 1.48. The van der Waals surface area contributed by atoms with Gasteiger partial charge in [-0.1, -0.05) is 12.2 Å². The number of likely N-dealkylation sites (tertiary alicyclic amines) is 1. The molecule has 0 spiro atoms. The van der Waals surface area contributed by atoms with E-state index in [4.69, 9.17) is 9.47 Å². The molecule has 9 nitrogen and oxygen atoms in total. The van der Waals surface area contributed by atoms with Crippen LogP contribution in [0.4, 0.5) is 0 Å². The lowest BCUT2D eigenvalue weighted by Gasteiger charge is -2.16. The van der Waals surface area contributed by atoms with Crippen molar-refractivity contribution in [2.45, 2.75) is 39.7 Å². The third kappa shape index (κ3) is 3.67. The number of methoxy groups -OCH3 is 1. The van der Waals surface area contributed by atoms with Crippen LogP contribution in [0, 0.1) is 25.7 Å². The Hall–Kier alpha value is -3.23. The van der Waals surface area contributed by atoms with Gasteiger partial charge in [0.1, 0.15) is 6.54 Å². The van der Waals surface area contributed by atoms with Gasteiger partial charge < -0.3 is 14.5 Å². The lowest BCUT2D eigenvalue weighted by atomic mass is 9.85. The van der Waals surface area contributed by atoms with E-state index in [1.807, 2.05) is 12.2 Å². The number of esters is 2. The van der Waals surface area contributed by atoms with Gasteiger partial charge in [0.2, 0.25) is 17.6 Å². The Bertz CT molecular complexity index is 933. The van der Waals surface area contributed by atoms with E-state index in [0.717, 1.165) is 4.90 Å². The number of nitrogens with one attached hydrogen (secondary N) is 1. The van der Waals surface area contributed by atoms with Gasteiger partial charge in [-0.2, -0.15) is 0 Å². The zero-order valence-electron chi connectivity index (χ0n) is 17.3. The fraction of sp³-hybridized carbons (Fsp3) is 0.476. The van der Waals surface area contributed by atoms with E-state index >= 15 is 0 Å². The first-order valence-electron chi connectivity index (χ1n) is 9.68. The molecule has 0 aromatic carbocycles. The maximum absolute atomic E-state index is 12.7. The van der Waals surface area contributed by atoms with Crippen LogP contribution in [0.3, 0.4) is 0 Å². The van der Waals surface area contributed by atoms with Crippen molar-refractivity contribution < 1.29 is 33.4 Å². The molecule has 2 heterocycles. The van der Waals surface area contributed by atoms with Crippen LogP contribution in [-0.2, 0) is 23.9 Å². The Balaban J connectivity index is 1.66. The molecule has 160 valence electrons. The highest BCUT2D eigenvalue weighted by atomic mass is 16.5. The lowest BCUT2D eigenvalue weighted by molar-refractivity contribution is -0.154. The predicted molar refractivity (Wildman–Crippen MR) is 104 cm³/mol. The summed E-state index contributed by atoms with van der Waals surface area (Å²) in [6.45, 7) is 4.09. The van der Waals surface area contributed by atoms with E-state index in [1.54, 1.807) is 13.8 Å². The van der Waals surface area contributed by atoms with Crippen molar-refractivity contribution in [3.63, 3.8) is 0 Å². The van der Waals surface area contributed by atoms with Crippen LogP contribution in [0.25, 0.3) is 0 Å². The summed E-state index contributed by atoms with van der Waals surface area (Å²) in [6, 6.07) is 0. The first-order chi connectivity index (χ1) is 14.2. The smallest absolute Gasteiger partial charge is 0.339 e. The molecule has 3 rings (SSSR count). The SMILES string of the molecule is COC(=O)c1c(C)[nH]c(C(=O)[C@H](C)OC(=O)CN2C(=O)[C@H]3CC=CC[C@H]3C2=O)c1C. The number of carbonyl (C=O) groups excluding carboxylic acids is 5. The first-order valence-corrected chi connectivity index (χ1v) is 9.68. The van der Waals surface area contributed by atoms with E-state index in [9.17, 15) is 24.0 Å². The van der Waals surface area contributed by atoms with Crippen molar-refractivity contribution in [3.05, 3.63) is 34.7 Å². The standard InChI is InChI=1S/C21H24N2O7/c1-10-16(21(28)29-4)11(2)22-17(10)18(25)12(3)30-15(24)9-23-19(26)13-7-5-6-8-14(13)20(23)27/h5-6,12-14,22H,7-9H2,1-4H3/t12-,13-,14+/m0/s1. The molecule has 0 unspecified atom stereocenters. The summed E-state index contributed by atoms with van der Waals surface area (Å²) in [6.07, 6.45) is 3.50. The van der Waals surface area contributed by atoms with Gasteiger partial charge in [-0.15, -0.1) is 0 Å². The molecule has 0 bridgehead atoms. The van der Waals surface area contributed by atoms with Crippen molar-refractivity contribution in [2.24, 2.45) is 11.8 Å². The van der Waals surface area contributed by atoms with Gasteiger partial charge in [-0.25, -0.2) is 4.79 Å². The van der Waals surface area contributed by atoms with E-state index in [0.29, 0.717) is 24.1 Å². The van der Waals surface area contributed by atoms with Gasteiger partial charge in [-0.05, 0) is 39.2 Å². The Morgan fingerprint density at radius 3 is 2.23 bits per heavy atom. The van der Waals surface area contributed by atoms with E-state index in [1.165, 1.54) is 14.0 Å². The molecule has 1 aliphatic heterocycles. The lowest BCUT2D eigenvalue weighted by Crippen LogP contribution is -2.38.